The summed E-state index contributed by atoms with van der Waals surface area (Å²) in [6, 6.07) is 11.5. The molecule has 0 saturated heterocycles. The standard InChI is InChI=1S/C30H39N7O6/c31-13-7-6-11-21(32)27(39)35-23(14-18-8-2-1-3-9-18)28(40)36-24(29(41)37-25(30(42)43)16-26(33)38)15-19-17-34-22-12-5-4-10-20(19)22/h1-5,8-10,12,17,21,23-25,34H,6-7,11,13-16,31-32H2,(H2,33,38)(H,35,39)(H,36,40)(H,37,41)(H,42,43). The maximum Gasteiger partial charge on any atom is 0.326 e. The lowest BCUT2D eigenvalue weighted by Crippen LogP contribution is -2.58. The van der Waals surface area contributed by atoms with Crippen molar-refractivity contribution in [2.24, 2.45) is 17.2 Å². The number of carbonyl (C=O) groups excluding carboxylic acids is 4. The number of carbonyl (C=O) groups is 5. The maximum absolute atomic E-state index is 13.7. The largest absolute Gasteiger partial charge is 0.480 e. The zero-order valence-electron chi connectivity index (χ0n) is 23.8. The number of aliphatic carboxylic acids is 1. The van der Waals surface area contributed by atoms with E-state index in [0.29, 0.717) is 31.4 Å². The molecular weight excluding hydrogens is 554 g/mol. The molecule has 4 atom stereocenters. The molecule has 0 fully saturated rings. The van der Waals surface area contributed by atoms with E-state index < -0.39 is 60.2 Å². The molecule has 4 amide bonds. The summed E-state index contributed by atoms with van der Waals surface area (Å²) in [5, 5.41) is 18.0. The summed E-state index contributed by atoms with van der Waals surface area (Å²) < 4.78 is 0. The molecular formula is C30H39N7O6. The van der Waals surface area contributed by atoms with E-state index >= 15 is 0 Å². The first kappa shape index (κ1) is 32.8. The predicted octanol–water partition coefficient (Wildman–Crippen LogP) is -0.176. The summed E-state index contributed by atoms with van der Waals surface area (Å²) in [4.78, 5) is 66.3. The summed E-state index contributed by atoms with van der Waals surface area (Å²) in [5.74, 6) is -4.41. The second-order valence-corrected chi connectivity index (χ2v) is 10.3. The van der Waals surface area contributed by atoms with E-state index in [0.717, 1.165) is 16.5 Å². The van der Waals surface area contributed by atoms with Gasteiger partial charge in [0.2, 0.25) is 23.6 Å². The third-order valence-electron chi connectivity index (χ3n) is 6.97. The van der Waals surface area contributed by atoms with Crippen molar-refractivity contribution in [3.63, 3.8) is 0 Å². The van der Waals surface area contributed by atoms with E-state index in [1.54, 1.807) is 30.5 Å². The molecule has 2 aromatic carbocycles. The number of benzene rings is 2. The van der Waals surface area contributed by atoms with Crippen molar-refractivity contribution in [3.8, 4) is 0 Å². The Balaban J connectivity index is 1.87. The van der Waals surface area contributed by atoms with Crippen LogP contribution >= 0.6 is 0 Å². The molecule has 0 aliphatic carbocycles. The summed E-state index contributed by atoms with van der Waals surface area (Å²) >= 11 is 0. The fraction of sp³-hybridized carbons (Fsp3) is 0.367. The van der Waals surface area contributed by atoms with Crippen LogP contribution in [0.2, 0.25) is 0 Å². The van der Waals surface area contributed by atoms with Gasteiger partial charge in [-0.15, -0.1) is 0 Å². The number of para-hydroxylation sites is 1. The highest BCUT2D eigenvalue weighted by molar-refractivity contribution is 5.95. The maximum atomic E-state index is 13.7. The molecule has 0 aliphatic heterocycles. The number of rotatable bonds is 17. The van der Waals surface area contributed by atoms with Gasteiger partial charge in [0.15, 0.2) is 0 Å². The van der Waals surface area contributed by atoms with Gasteiger partial charge in [-0.25, -0.2) is 4.79 Å². The number of nitrogens with one attached hydrogen (secondary N) is 4. The molecule has 3 aromatic rings. The van der Waals surface area contributed by atoms with Crippen LogP contribution in [-0.4, -0.2) is 70.4 Å². The number of amides is 4. The van der Waals surface area contributed by atoms with Crippen LogP contribution in [0.4, 0.5) is 0 Å². The third kappa shape index (κ3) is 9.94. The van der Waals surface area contributed by atoms with Gasteiger partial charge >= 0.3 is 5.97 Å². The van der Waals surface area contributed by atoms with Crippen molar-refractivity contribution in [3.05, 3.63) is 71.9 Å². The first-order valence-corrected chi connectivity index (χ1v) is 14.1. The van der Waals surface area contributed by atoms with Crippen molar-refractivity contribution in [1.29, 1.82) is 0 Å². The Labute approximate surface area is 248 Å². The van der Waals surface area contributed by atoms with Crippen LogP contribution < -0.4 is 33.2 Å². The van der Waals surface area contributed by atoms with Gasteiger partial charge in [0, 0.05) is 29.9 Å². The minimum atomic E-state index is -1.60. The quantitative estimate of drug-likeness (QED) is 0.0975. The molecule has 0 bridgehead atoms. The van der Waals surface area contributed by atoms with E-state index in [2.05, 4.69) is 20.9 Å². The van der Waals surface area contributed by atoms with Gasteiger partial charge in [0.1, 0.15) is 18.1 Å². The minimum absolute atomic E-state index is 0.0187. The zero-order valence-corrected chi connectivity index (χ0v) is 23.8. The average Bonchev–Trinajstić information content (AvgIpc) is 3.39. The molecule has 0 spiro atoms. The number of carboxylic acid groups (broad SMARTS) is 1. The lowest BCUT2D eigenvalue weighted by atomic mass is 10.0. The fourth-order valence-corrected chi connectivity index (χ4v) is 4.65. The third-order valence-corrected chi connectivity index (χ3v) is 6.97. The Hall–Kier alpha value is -4.75. The number of primary amides is 1. The monoisotopic (exact) mass is 593 g/mol. The van der Waals surface area contributed by atoms with Crippen LogP contribution in [-0.2, 0) is 36.8 Å². The van der Waals surface area contributed by atoms with Gasteiger partial charge in [0.05, 0.1) is 12.5 Å². The Morgan fingerprint density at radius 1 is 0.791 bits per heavy atom. The Bertz CT molecular complexity index is 1410. The molecule has 1 heterocycles. The summed E-state index contributed by atoms with van der Waals surface area (Å²) in [6.07, 6.45) is 2.87. The Morgan fingerprint density at radius 2 is 1.40 bits per heavy atom. The normalized spacial score (nSPS) is 13.8. The van der Waals surface area contributed by atoms with Gasteiger partial charge in [-0.05, 0) is 36.6 Å². The lowest BCUT2D eigenvalue weighted by molar-refractivity contribution is -0.143. The molecule has 3 rings (SSSR count). The molecule has 11 N–H and O–H groups in total. The van der Waals surface area contributed by atoms with Gasteiger partial charge in [-0.1, -0.05) is 55.0 Å². The first-order valence-electron chi connectivity index (χ1n) is 14.1. The summed E-state index contributed by atoms with van der Waals surface area (Å²) in [5.41, 5.74) is 19.0. The first-order chi connectivity index (χ1) is 20.6. The van der Waals surface area contributed by atoms with E-state index in [1.807, 2.05) is 30.3 Å². The highest BCUT2D eigenvalue weighted by atomic mass is 16.4. The van der Waals surface area contributed by atoms with Crippen LogP contribution in [0.5, 0.6) is 0 Å². The van der Waals surface area contributed by atoms with Crippen LogP contribution in [0.15, 0.2) is 60.8 Å². The number of unbranched alkanes of at least 4 members (excludes halogenated alkanes) is 1. The van der Waals surface area contributed by atoms with Crippen molar-refractivity contribution >= 4 is 40.5 Å². The molecule has 1 aromatic heterocycles. The van der Waals surface area contributed by atoms with Crippen molar-refractivity contribution in [1.82, 2.24) is 20.9 Å². The van der Waals surface area contributed by atoms with Crippen LogP contribution in [0.3, 0.4) is 0 Å². The highest BCUT2D eigenvalue weighted by Crippen LogP contribution is 2.19. The van der Waals surface area contributed by atoms with Crippen LogP contribution in [0, 0.1) is 0 Å². The van der Waals surface area contributed by atoms with Crippen molar-refractivity contribution in [2.75, 3.05) is 6.54 Å². The second kappa shape index (κ2) is 16.0. The molecule has 13 nitrogen and oxygen atoms in total. The molecule has 0 aliphatic rings. The minimum Gasteiger partial charge on any atom is -0.480 e. The second-order valence-electron chi connectivity index (χ2n) is 10.3. The van der Waals surface area contributed by atoms with Crippen LogP contribution in [0.25, 0.3) is 10.9 Å². The van der Waals surface area contributed by atoms with Gasteiger partial charge < -0.3 is 43.2 Å². The molecule has 13 heteroatoms. The van der Waals surface area contributed by atoms with E-state index in [-0.39, 0.29) is 12.8 Å². The Kier molecular flexibility index (Phi) is 12.2. The van der Waals surface area contributed by atoms with E-state index in [1.165, 1.54) is 0 Å². The average molecular weight is 594 g/mol. The van der Waals surface area contributed by atoms with E-state index in [9.17, 15) is 29.1 Å². The predicted molar refractivity (Wildman–Crippen MR) is 160 cm³/mol. The molecule has 230 valence electrons. The zero-order chi connectivity index (χ0) is 31.4. The molecule has 0 radical (unpaired) electrons. The van der Waals surface area contributed by atoms with Gasteiger partial charge in [0.25, 0.3) is 0 Å². The van der Waals surface area contributed by atoms with E-state index in [4.69, 9.17) is 17.2 Å². The Morgan fingerprint density at radius 3 is 2.05 bits per heavy atom. The molecule has 43 heavy (non-hydrogen) atoms. The van der Waals surface area contributed by atoms with Crippen molar-refractivity contribution < 1.29 is 29.1 Å². The number of hydrogen-bond donors (Lipinski definition) is 8. The van der Waals surface area contributed by atoms with Crippen LogP contribution in [0.1, 0.15) is 36.8 Å². The highest BCUT2D eigenvalue weighted by Gasteiger charge is 2.31. The number of H-pyrrole nitrogens is 1. The molecule has 0 saturated carbocycles. The summed E-state index contributed by atoms with van der Waals surface area (Å²) in [7, 11) is 0. The number of aromatic nitrogens is 1. The number of fused-ring (bicyclic) bond motifs is 1. The fourth-order valence-electron chi connectivity index (χ4n) is 4.65. The molecule has 4 unspecified atom stereocenters. The number of nitrogens with two attached hydrogens (primary N) is 3. The van der Waals surface area contributed by atoms with Crippen molar-refractivity contribution in [2.45, 2.75) is 62.7 Å². The lowest BCUT2D eigenvalue weighted by Gasteiger charge is -2.25. The smallest absolute Gasteiger partial charge is 0.326 e. The summed E-state index contributed by atoms with van der Waals surface area (Å²) in [6.45, 7) is 0.468. The van der Waals surface area contributed by atoms with Gasteiger partial charge in [-0.3, -0.25) is 19.2 Å². The number of hydrogen-bond acceptors (Lipinski definition) is 7. The van der Waals surface area contributed by atoms with Gasteiger partial charge in [-0.2, -0.15) is 0 Å². The number of aromatic amines is 1. The topological polar surface area (TPSA) is 236 Å². The SMILES string of the molecule is NCCCCC(N)C(=O)NC(Cc1ccccc1)C(=O)NC(Cc1c[nH]c2ccccc12)C(=O)NC(CC(N)=O)C(=O)O. The number of carboxylic acids is 1.